The van der Waals surface area contributed by atoms with Crippen LogP contribution in [-0.2, 0) is 18.9 Å². The van der Waals surface area contributed by atoms with E-state index in [0.717, 1.165) is 30.7 Å². The summed E-state index contributed by atoms with van der Waals surface area (Å²) < 4.78 is 25.3. The lowest BCUT2D eigenvalue weighted by atomic mass is 9.79. The number of ether oxygens (including phenoxy) is 4. The van der Waals surface area contributed by atoms with Gasteiger partial charge in [0, 0.05) is 32.3 Å². The lowest BCUT2D eigenvalue weighted by Crippen LogP contribution is -2.55. The summed E-state index contributed by atoms with van der Waals surface area (Å²) in [6.45, 7) is 0. The summed E-state index contributed by atoms with van der Waals surface area (Å²) in [7, 11) is 3.76. The van der Waals surface area contributed by atoms with E-state index >= 15 is 0 Å². The first kappa shape index (κ1) is 34.4. The summed E-state index contributed by atoms with van der Waals surface area (Å²) in [6.07, 6.45) is 40.2. The van der Waals surface area contributed by atoms with E-state index in [4.69, 9.17) is 18.9 Å². The fourth-order valence-corrected chi connectivity index (χ4v) is 10.6. The van der Waals surface area contributed by atoms with Gasteiger partial charge in [-0.25, -0.2) is 0 Å². The van der Waals surface area contributed by atoms with Gasteiger partial charge in [0.05, 0.1) is 36.6 Å². The van der Waals surface area contributed by atoms with E-state index in [0.29, 0.717) is 48.7 Å². The molecule has 258 valence electrons. The molecular weight excluding hydrogens is 558 g/mol. The van der Waals surface area contributed by atoms with Crippen LogP contribution in [0.15, 0.2) is 12.2 Å². The summed E-state index contributed by atoms with van der Waals surface area (Å²) in [5.41, 5.74) is 0. The maximum absolute atomic E-state index is 6.92. The van der Waals surface area contributed by atoms with E-state index in [-0.39, 0.29) is 0 Å². The maximum atomic E-state index is 6.92. The van der Waals surface area contributed by atoms with E-state index in [9.17, 15) is 0 Å². The Labute approximate surface area is 276 Å². The summed E-state index contributed by atoms with van der Waals surface area (Å²) in [6, 6.07) is 2.07. The molecule has 8 atom stereocenters. The van der Waals surface area contributed by atoms with Crippen LogP contribution in [0, 0.1) is 11.8 Å². The summed E-state index contributed by atoms with van der Waals surface area (Å²) in [5, 5.41) is 0. The average Bonchev–Trinajstić information content (AvgIpc) is 3.09. The largest absolute Gasteiger partial charge is 0.381 e. The minimum absolute atomic E-state index is 0.393. The molecule has 0 aliphatic heterocycles. The molecule has 0 aromatic rings. The van der Waals surface area contributed by atoms with Crippen molar-refractivity contribution in [1.29, 1.82) is 0 Å². The Kier molecular flexibility index (Phi) is 13.6. The van der Waals surface area contributed by atoms with Crippen LogP contribution >= 0.6 is 0 Å². The Hall–Kier alpha value is -0.460. The van der Waals surface area contributed by atoms with Crippen LogP contribution in [0.4, 0.5) is 0 Å². The maximum Gasteiger partial charge on any atom is 0.0603 e. The van der Waals surface area contributed by atoms with Gasteiger partial charge in [-0.3, -0.25) is 4.90 Å². The Balaban J connectivity index is 1.10. The van der Waals surface area contributed by atoms with E-state index in [1.807, 2.05) is 14.2 Å². The van der Waals surface area contributed by atoms with Gasteiger partial charge in [0.15, 0.2) is 0 Å². The van der Waals surface area contributed by atoms with Crippen molar-refractivity contribution in [3.05, 3.63) is 12.2 Å². The van der Waals surface area contributed by atoms with E-state index < -0.39 is 0 Å². The van der Waals surface area contributed by atoms with Crippen LogP contribution in [0.1, 0.15) is 161 Å². The first-order chi connectivity index (χ1) is 22.2. The van der Waals surface area contributed by atoms with Gasteiger partial charge in [-0.15, -0.1) is 0 Å². The number of allylic oxidation sites excluding steroid dienone is 2. The van der Waals surface area contributed by atoms with Crippen LogP contribution < -0.4 is 0 Å². The van der Waals surface area contributed by atoms with Gasteiger partial charge in [0.1, 0.15) is 0 Å². The van der Waals surface area contributed by atoms with Crippen molar-refractivity contribution in [2.24, 2.45) is 11.8 Å². The standard InChI is InChI=1S/C40H69NO4/c1-42-35-14-8-18-39(28-35)44-37-16-6-12-33(26-37)41(32-24-22-31(23-25-32)21-20-30-10-4-3-5-11-30)34-13-7-17-38(27-34)45-40-19-9-15-36(29-40)43-2/h20-21,30-40H,3-19,22-29H2,1-2H3/b21-20+. The highest BCUT2D eigenvalue weighted by molar-refractivity contribution is 4.99. The molecule has 6 aliphatic rings. The van der Waals surface area contributed by atoms with E-state index in [1.165, 1.54) is 148 Å². The Morgan fingerprint density at radius 3 is 1.29 bits per heavy atom. The second-order valence-corrected chi connectivity index (χ2v) is 16.2. The number of nitrogens with zero attached hydrogens (tertiary/aromatic N) is 1. The van der Waals surface area contributed by atoms with E-state index in [1.54, 1.807) is 0 Å². The predicted octanol–water partition coefficient (Wildman–Crippen LogP) is 9.55. The summed E-state index contributed by atoms with van der Waals surface area (Å²) in [4.78, 5) is 3.11. The molecule has 0 bridgehead atoms. The third kappa shape index (κ3) is 10.0. The minimum atomic E-state index is 0.393. The number of rotatable bonds is 11. The van der Waals surface area contributed by atoms with Gasteiger partial charge in [-0.05, 0) is 153 Å². The zero-order chi connectivity index (χ0) is 30.8. The van der Waals surface area contributed by atoms with Crippen molar-refractivity contribution >= 4 is 0 Å². The molecule has 8 unspecified atom stereocenters. The third-order valence-electron chi connectivity index (χ3n) is 13.1. The third-order valence-corrected chi connectivity index (χ3v) is 13.1. The quantitative estimate of drug-likeness (QED) is 0.213. The SMILES string of the molecule is COC1CCCC(OC2CCCC(N(C3CCC(/C=C/C4CCCCC4)CC3)C3CCCC(OC4CCCC(OC)C4)C3)C2)C1. The molecule has 0 heterocycles. The first-order valence-electron chi connectivity index (χ1n) is 20.0. The second-order valence-electron chi connectivity index (χ2n) is 16.2. The molecule has 45 heavy (non-hydrogen) atoms. The van der Waals surface area contributed by atoms with Crippen molar-refractivity contribution in [1.82, 2.24) is 4.90 Å². The van der Waals surface area contributed by atoms with Gasteiger partial charge in [-0.1, -0.05) is 31.4 Å². The number of hydrogen-bond acceptors (Lipinski definition) is 5. The molecule has 0 spiro atoms. The van der Waals surface area contributed by atoms with E-state index in [2.05, 4.69) is 17.1 Å². The molecule has 6 fully saturated rings. The molecule has 0 aromatic heterocycles. The highest BCUT2D eigenvalue weighted by atomic mass is 16.5. The second kappa shape index (κ2) is 17.8. The van der Waals surface area contributed by atoms with Gasteiger partial charge >= 0.3 is 0 Å². The van der Waals surface area contributed by atoms with Crippen LogP contribution in [0.2, 0.25) is 0 Å². The normalized spacial score (nSPS) is 41.0. The minimum Gasteiger partial charge on any atom is -0.381 e. The van der Waals surface area contributed by atoms with Crippen molar-refractivity contribution in [3.8, 4) is 0 Å². The molecule has 0 saturated heterocycles. The molecule has 0 aromatic carbocycles. The fourth-order valence-electron chi connectivity index (χ4n) is 10.6. The number of hydrogen-bond donors (Lipinski definition) is 0. The molecular formula is C40H69NO4. The number of methoxy groups -OCH3 is 2. The molecule has 0 radical (unpaired) electrons. The highest BCUT2D eigenvalue weighted by Gasteiger charge is 2.40. The monoisotopic (exact) mass is 628 g/mol. The zero-order valence-corrected chi connectivity index (χ0v) is 29.3. The van der Waals surface area contributed by atoms with Gasteiger partial charge < -0.3 is 18.9 Å². The van der Waals surface area contributed by atoms with Crippen LogP contribution in [0.25, 0.3) is 0 Å². The predicted molar refractivity (Wildman–Crippen MR) is 184 cm³/mol. The van der Waals surface area contributed by atoms with Gasteiger partial charge in [0.2, 0.25) is 0 Å². The molecule has 5 nitrogen and oxygen atoms in total. The summed E-state index contributed by atoms with van der Waals surface area (Å²) in [5.74, 6) is 1.66. The fraction of sp³-hybridized carbons (Fsp3) is 0.950. The summed E-state index contributed by atoms with van der Waals surface area (Å²) >= 11 is 0. The lowest BCUT2D eigenvalue weighted by Gasteiger charge is -2.50. The molecule has 6 aliphatic carbocycles. The molecule has 5 heteroatoms. The van der Waals surface area contributed by atoms with Crippen LogP contribution in [0.5, 0.6) is 0 Å². The molecule has 0 N–H and O–H groups in total. The Morgan fingerprint density at radius 1 is 0.378 bits per heavy atom. The Morgan fingerprint density at radius 2 is 0.800 bits per heavy atom. The molecule has 6 saturated carbocycles. The van der Waals surface area contributed by atoms with Crippen molar-refractivity contribution in [2.45, 2.75) is 215 Å². The first-order valence-corrected chi connectivity index (χ1v) is 20.0. The van der Waals surface area contributed by atoms with Gasteiger partial charge in [0.25, 0.3) is 0 Å². The highest BCUT2D eigenvalue weighted by Crippen LogP contribution is 2.40. The van der Waals surface area contributed by atoms with Crippen molar-refractivity contribution in [2.75, 3.05) is 14.2 Å². The lowest BCUT2D eigenvalue weighted by molar-refractivity contribution is -0.107. The van der Waals surface area contributed by atoms with Crippen molar-refractivity contribution < 1.29 is 18.9 Å². The Bertz CT molecular complexity index is 820. The van der Waals surface area contributed by atoms with Crippen LogP contribution in [0.3, 0.4) is 0 Å². The van der Waals surface area contributed by atoms with Crippen LogP contribution in [-0.4, -0.2) is 73.9 Å². The van der Waals surface area contributed by atoms with Crippen molar-refractivity contribution in [3.63, 3.8) is 0 Å². The van der Waals surface area contributed by atoms with Gasteiger partial charge in [-0.2, -0.15) is 0 Å². The zero-order valence-electron chi connectivity index (χ0n) is 29.3. The topological polar surface area (TPSA) is 40.2 Å². The molecule has 0 amide bonds. The smallest absolute Gasteiger partial charge is 0.0603 e. The average molecular weight is 628 g/mol. The molecule has 6 rings (SSSR count).